The van der Waals surface area contributed by atoms with Gasteiger partial charge in [-0.3, -0.25) is 4.79 Å². The van der Waals surface area contributed by atoms with Crippen molar-refractivity contribution >= 4 is 5.78 Å². The number of hydrogen-bond acceptors (Lipinski definition) is 4. The largest absolute Gasteiger partial charge is 0.508 e. The van der Waals surface area contributed by atoms with E-state index in [1.165, 1.54) is 39.0 Å². The number of phenolic OH excluding ortho intramolecular Hbond substituents is 1. The van der Waals surface area contributed by atoms with Gasteiger partial charge in [0.15, 0.2) is 11.4 Å². The average molecular weight is 264 g/mol. The van der Waals surface area contributed by atoms with Crippen LogP contribution >= 0.6 is 0 Å². The molecule has 0 aliphatic heterocycles. The van der Waals surface area contributed by atoms with Crippen LogP contribution in [0.15, 0.2) is 30.4 Å². The number of rotatable bonds is 4. The maximum Gasteiger partial charge on any atom is 0.191 e. The molecule has 0 aliphatic rings. The Morgan fingerprint density at radius 3 is 2.26 bits per heavy atom. The first-order valence-electron chi connectivity index (χ1n) is 6.02. The van der Waals surface area contributed by atoms with Crippen molar-refractivity contribution in [2.24, 2.45) is 0 Å². The summed E-state index contributed by atoms with van der Waals surface area (Å²) in [5.74, 6) is -0.733. The smallest absolute Gasteiger partial charge is 0.191 e. The normalized spacial score (nSPS) is 15.5. The minimum atomic E-state index is -1.83. The Kier molecular flexibility index (Phi) is 4.18. The molecule has 0 aromatic heterocycles. The van der Waals surface area contributed by atoms with Crippen molar-refractivity contribution in [3.05, 3.63) is 41.5 Å². The lowest BCUT2D eigenvalue weighted by atomic mass is 9.89. The molecule has 3 N–H and O–H groups in total. The van der Waals surface area contributed by atoms with Crippen molar-refractivity contribution in [3.8, 4) is 5.75 Å². The average Bonchev–Trinajstić information content (AvgIpc) is 2.24. The lowest BCUT2D eigenvalue weighted by molar-refractivity contribution is -0.131. The van der Waals surface area contributed by atoms with Gasteiger partial charge in [0, 0.05) is 5.56 Å². The van der Waals surface area contributed by atoms with Crippen LogP contribution in [-0.2, 0) is 10.4 Å². The molecule has 1 atom stereocenters. The predicted octanol–water partition coefficient (Wildman–Crippen LogP) is 1.80. The highest BCUT2D eigenvalue weighted by atomic mass is 16.3. The summed E-state index contributed by atoms with van der Waals surface area (Å²) in [6.07, 6.45) is 2.42. The van der Waals surface area contributed by atoms with Gasteiger partial charge in [-0.15, -0.1) is 0 Å². The van der Waals surface area contributed by atoms with E-state index in [1.807, 2.05) is 0 Å². The summed E-state index contributed by atoms with van der Waals surface area (Å²) < 4.78 is 0. The van der Waals surface area contributed by atoms with E-state index < -0.39 is 17.0 Å². The number of aliphatic hydroxyl groups is 2. The standard InChI is InChI=1S/C15H20O4/c1-10-5-6-11(12(16)9-10)15(4,19)13(17)7-8-14(2,3)18/h5-9,16,18-19H,1-4H3/b8-7+/t15-/m1/s1. The molecule has 0 heterocycles. The second-order valence-electron chi connectivity index (χ2n) is 5.44. The maximum atomic E-state index is 12.0. The third-order valence-electron chi connectivity index (χ3n) is 2.80. The minimum Gasteiger partial charge on any atom is -0.508 e. The molecule has 0 amide bonds. The summed E-state index contributed by atoms with van der Waals surface area (Å²) in [4.78, 5) is 12.0. The Morgan fingerprint density at radius 2 is 1.79 bits per heavy atom. The quantitative estimate of drug-likeness (QED) is 0.725. The fourth-order valence-corrected chi connectivity index (χ4v) is 1.63. The van der Waals surface area contributed by atoms with Gasteiger partial charge in [0.25, 0.3) is 0 Å². The molecule has 0 unspecified atom stereocenters. The molecular weight excluding hydrogens is 244 g/mol. The van der Waals surface area contributed by atoms with E-state index in [-0.39, 0.29) is 11.3 Å². The zero-order chi connectivity index (χ0) is 14.8. The molecule has 0 radical (unpaired) electrons. The number of carbonyl (C=O) groups excluding carboxylic acids is 1. The fraction of sp³-hybridized carbons (Fsp3) is 0.400. The van der Waals surface area contributed by atoms with Gasteiger partial charge >= 0.3 is 0 Å². The highest BCUT2D eigenvalue weighted by molar-refractivity contribution is 5.97. The first-order valence-corrected chi connectivity index (χ1v) is 6.02. The van der Waals surface area contributed by atoms with Crippen molar-refractivity contribution < 1.29 is 20.1 Å². The van der Waals surface area contributed by atoms with Crippen LogP contribution in [0.5, 0.6) is 5.75 Å². The van der Waals surface area contributed by atoms with Gasteiger partial charge in [0.05, 0.1) is 5.60 Å². The SMILES string of the molecule is Cc1ccc([C@@](C)(O)C(=O)/C=C/C(C)(C)O)c(O)c1. The number of aromatic hydroxyl groups is 1. The highest BCUT2D eigenvalue weighted by Gasteiger charge is 2.33. The van der Waals surface area contributed by atoms with Crippen LogP contribution in [0.25, 0.3) is 0 Å². The lowest BCUT2D eigenvalue weighted by Crippen LogP contribution is -2.31. The molecule has 4 heteroatoms. The summed E-state index contributed by atoms with van der Waals surface area (Å²) in [7, 11) is 0. The molecule has 0 saturated carbocycles. The summed E-state index contributed by atoms with van der Waals surface area (Å²) in [5, 5.41) is 29.6. The zero-order valence-corrected chi connectivity index (χ0v) is 11.6. The minimum absolute atomic E-state index is 0.130. The highest BCUT2D eigenvalue weighted by Crippen LogP contribution is 2.31. The molecule has 104 valence electrons. The number of hydrogen-bond donors (Lipinski definition) is 3. The predicted molar refractivity (Wildman–Crippen MR) is 72.9 cm³/mol. The van der Waals surface area contributed by atoms with Gasteiger partial charge in [-0.05, 0) is 45.4 Å². The first-order chi connectivity index (χ1) is 8.54. The summed E-state index contributed by atoms with van der Waals surface area (Å²) >= 11 is 0. The molecule has 4 nitrogen and oxygen atoms in total. The molecule has 0 aliphatic carbocycles. The van der Waals surface area contributed by atoms with Gasteiger partial charge in [-0.1, -0.05) is 18.2 Å². The molecule has 0 spiro atoms. The van der Waals surface area contributed by atoms with E-state index in [9.17, 15) is 20.1 Å². The Bertz CT molecular complexity index is 507. The monoisotopic (exact) mass is 264 g/mol. The van der Waals surface area contributed by atoms with Gasteiger partial charge in [-0.25, -0.2) is 0 Å². The third-order valence-corrected chi connectivity index (χ3v) is 2.80. The molecule has 1 rings (SSSR count). The second kappa shape index (κ2) is 5.15. The Balaban J connectivity index is 3.10. The van der Waals surface area contributed by atoms with Gasteiger partial charge in [0.2, 0.25) is 0 Å². The van der Waals surface area contributed by atoms with Crippen LogP contribution in [0.4, 0.5) is 0 Å². The molecule has 0 fully saturated rings. The first kappa shape index (κ1) is 15.4. The molecule has 1 aromatic carbocycles. The van der Waals surface area contributed by atoms with Crippen molar-refractivity contribution in [3.63, 3.8) is 0 Å². The third kappa shape index (κ3) is 3.91. The van der Waals surface area contributed by atoms with E-state index in [0.29, 0.717) is 0 Å². The zero-order valence-electron chi connectivity index (χ0n) is 11.6. The van der Waals surface area contributed by atoms with Crippen molar-refractivity contribution in [2.45, 2.75) is 38.9 Å². The molecule has 0 bridgehead atoms. The van der Waals surface area contributed by atoms with E-state index in [0.717, 1.165) is 11.6 Å². The molecule has 19 heavy (non-hydrogen) atoms. The van der Waals surface area contributed by atoms with E-state index >= 15 is 0 Å². The van der Waals surface area contributed by atoms with Crippen LogP contribution in [-0.4, -0.2) is 26.7 Å². The Labute approximate surface area is 113 Å². The van der Waals surface area contributed by atoms with E-state index in [2.05, 4.69) is 0 Å². The van der Waals surface area contributed by atoms with E-state index in [4.69, 9.17) is 0 Å². The lowest BCUT2D eigenvalue weighted by Gasteiger charge is -2.22. The van der Waals surface area contributed by atoms with Crippen LogP contribution in [0.2, 0.25) is 0 Å². The van der Waals surface area contributed by atoms with Crippen molar-refractivity contribution in [1.82, 2.24) is 0 Å². The molecule has 1 aromatic rings. The maximum absolute atomic E-state index is 12.0. The van der Waals surface area contributed by atoms with Gasteiger partial charge < -0.3 is 15.3 Å². The van der Waals surface area contributed by atoms with E-state index in [1.54, 1.807) is 13.0 Å². The Hall–Kier alpha value is -1.65. The summed E-state index contributed by atoms with van der Waals surface area (Å²) in [5.41, 5.74) is -2.00. The topological polar surface area (TPSA) is 77.8 Å². The number of phenols is 1. The number of carbonyl (C=O) groups is 1. The van der Waals surface area contributed by atoms with Crippen LogP contribution in [0.1, 0.15) is 31.9 Å². The number of aryl methyl sites for hydroxylation is 1. The number of ketones is 1. The fourth-order valence-electron chi connectivity index (χ4n) is 1.63. The van der Waals surface area contributed by atoms with Crippen LogP contribution in [0.3, 0.4) is 0 Å². The Morgan fingerprint density at radius 1 is 1.21 bits per heavy atom. The summed E-state index contributed by atoms with van der Waals surface area (Å²) in [6, 6.07) is 4.70. The van der Waals surface area contributed by atoms with Crippen LogP contribution < -0.4 is 0 Å². The van der Waals surface area contributed by atoms with Gasteiger partial charge in [-0.2, -0.15) is 0 Å². The van der Waals surface area contributed by atoms with Crippen molar-refractivity contribution in [1.29, 1.82) is 0 Å². The molecule has 0 saturated heterocycles. The molecular formula is C15H20O4. The van der Waals surface area contributed by atoms with Gasteiger partial charge in [0.1, 0.15) is 5.75 Å². The summed E-state index contributed by atoms with van der Waals surface area (Å²) in [6.45, 7) is 6.16. The van der Waals surface area contributed by atoms with Crippen LogP contribution in [0, 0.1) is 6.92 Å². The number of benzene rings is 1. The second-order valence-corrected chi connectivity index (χ2v) is 5.44. The van der Waals surface area contributed by atoms with Crippen molar-refractivity contribution in [2.75, 3.05) is 0 Å².